The molecule has 0 saturated heterocycles. The van der Waals surface area contributed by atoms with Gasteiger partial charge >= 0.3 is 0 Å². The lowest BCUT2D eigenvalue weighted by Crippen LogP contribution is -2.57. The largest absolute Gasteiger partial charge is 0.488 e. The second kappa shape index (κ2) is 6.11. The number of hydrogen-bond donors (Lipinski definition) is 3. The van der Waals surface area contributed by atoms with Crippen molar-refractivity contribution < 1.29 is 14.6 Å². The molecule has 6 nitrogen and oxygen atoms in total. The molecule has 0 aliphatic carbocycles. The average Bonchev–Trinajstić information content (AvgIpc) is 2.71. The number of carbonyl (C=O) groups excluding carboxylic acids is 1. The molecule has 0 aromatic heterocycles. The van der Waals surface area contributed by atoms with Crippen molar-refractivity contribution in [3.05, 3.63) is 64.2 Å². The van der Waals surface area contributed by atoms with E-state index in [1.807, 2.05) is 42.5 Å². The summed E-state index contributed by atoms with van der Waals surface area (Å²) in [6, 6.07) is 11.4. The topological polar surface area (TPSA) is 87.8 Å². The number of anilines is 1. The minimum absolute atomic E-state index is 0.0546. The first kappa shape index (κ1) is 16.4. The number of nitrogens with zero attached hydrogens (tertiary/aromatic N) is 1. The quantitative estimate of drug-likeness (QED) is 0.759. The van der Waals surface area contributed by atoms with E-state index in [1.165, 1.54) is 0 Å². The lowest BCUT2D eigenvalue weighted by molar-refractivity contribution is 0.0930. The molecule has 3 heterocycles. The number of benzene rings is 2. The van der Waals surface area contributed by atoms with Gasteiger partial charge in [0.2, 0.25) is 0 Å². The van der Waals surface area contributed by atoms with Crippen LogP contribution in [0.3, 0.4) is 0 Å². The highest BCUT2D eigenvalue weighted by atomic mass is 16.5. The van der Waals surface area contributed by atoms with Crippen LogP contribution in [0, 0.1) is 0 Å². The van der Waals surface area contributed by atoms with Gasteiger partial charge in [0, 0.05) is 23.7 Å². The van der Waals surface area contributed by atoms with Crippen molar-refractivity contribution in [2.24, 2.45) is 5.73 Å². The normalized spacial score (nSPS) is 23.0. The number of aliphatic hydroxyl groups is 1. The summed E-state index contributed by atoms with van der Waals surface area (Å²) in [6.07, 6.45) is 2.59. The van der Waals surface area contributed by atoms with E-state index in [2.05, 4.69) is 10.2 Å². The third-order valence-electron chi connectivity index (χ3n) is 5.66. The Morgan fingerprint density at radius 3 is 2.96 bits per heavy atom. The van der Waals surface area contributed by atoms with Crippen LogP contribution in [0.25, 0.3) is 6.08 Å². The first-order valence-corrected chi connectivity index (χ1v) is 9.19. The van der Waals surface area contributed by atoms with E-state index in [0.717, 1.165) is 46.7 Å². The molecule has 2 atom stereocenters. The molecule has 3 aliphatic rings. The maximum Gasteiger partial charge on any atom is 0.255 e. The van der Waals surface area contributed by atoms with Crippen LogP contribution in [0.15, 0.2) is 42.0 Å². The van der Waals surface area contributed by atoms with Crippen molar-refractivity contribution in [3.8, 4) is 5.75 Å². The van der Waals surface area contributed by atoms with Gasteiger partial charge < -0.3 is 25.8 Å². The highest BCUT2D eigenvalue weighted by molar-refractivity contribution is 6.03. The summed E-state index contributed by atoms with van der Waals surface area (Å²) in [4.78, 5) is 15.0. The smallest absolute Gasteiger partial charge is 0.255 e. The van der Waals surface area contributed by atoms with E-state index >= 15 is 0 Å². The Morgan fingerprint density at radius 1 is 1.26 bits per heavy atom. The SMILES string of the molecule is N[C@@H]1CCN2c3c(cccc31)C(=O)N[C@H]2C1=Cc2c(CO)cccc2OC1. The molecule has 5 rings (SSSR count). The van der Waals surface area contributed by atoms with Crippen molar-refractivity contribution >= 4 is 17.7 Å². The highest BCUT2D eigenvalue weighted by Crippen LogP contribution is 2.41. The second-order valence-corrected chi connectivity index (χ2v) is 7.20. The highest BCUT2D eigenvalue weighted by Gasteiger charge is 2.38. The molecule has 3 aliphatic heterocycles. The number of fused-ring (bicyclic) bond motifs is 1. The van der Waals surface area contributed by atoms with Gasteiger partial charge in [0.1, 0.15) is 18.5 Å². The van der Waals surface area contributed by atoms with Crippen LogP contribution in [0.5, 0.6) is 5.75 Å². The van der Waals surface area contributed by atoms with Crippen LogP contribution in [-0.4, -0.2) is 30.3 Å². The summed E-state index contributed by atoms with van der Waals surface area (Å²) in [5.74, 6) is 0.665. The van der Waals surface area contributed by atoms with Gasteiger partial charge in [-0.25, -0.2) is 0 Å². The monoisotopic (exact) mass is 363 g/mol. The molecule has 0 fully saturated rings. The Balaban J connectivity index is 1.61. The van der Waals surface area contributed by atoms with Crippen molar-refractivity contribution in [1.29, 1.82) is 0 Å². The van der Waals surface area contributed by atoms with Crippen molar-refractivity contribution in [3.63, 3.8) is 0 Å². The Morgan fingerprint density at radius 2 is 2.11 bits per heavy atom. The molecule has 6 heteroatoms. The van der Waals surface area contributed by atoms with E-state index in [0.29, 0.717) is 12.2 Å². The average molecular weight is 363 g/mol. The number of amides is 1. The summed E-state index contributed by atoms with van der Waals surface area (Å²) in [7, 11) is 0. The zero-order valence-electron chi connectivity index (χ0n) is 14.8. The Bertz CT molecular complexity index is 969. The minimum Gasteiger partial charge on any atom is -0.488 e. The van der Waals surface area contributed by atoms with Gasteiger partial charge in [-0.15, -0.1) is 0 Å². The number of nitrogens with two attached hydrogens (primary N) is 1. The summed E-state index contributed by atoms with van der Waals surface area (Å²) in [5.41, 5.74) is 11.6. The molecule has 0 spiro atoms. The van der Waals surface area contributed by atoms with Crippen LogP contribution < -0.4 is 20.7 Å². The summed E-state index contributed by atoms with van der Waals surface area (Å²) in [5, 5.41) is 12.8. The Hall–Kier alpha value is -2.83. The molecule has 1 amide bonds. The van der Waals surface area contributed by atoms with E-state index in [4.69, 9.17) is 10.5 Å². The minimum atomic E-state index is -0.279. The van der Waals surface area contributed by atoms with Gasteiger partial charge in [-0.05, 0) is 35.8 Å². The zero-order chi connectivity index (χ0) is 18.5. The molecule has 2 aromatic rings. The molecule has 0 bridgehead atoms. The summed E-state index contributed by atoms with van der Waals surface area (Å²) >= 11 is 0. The fourth-order valence-electron chi connectivity index (χ4n) is 4.30. The van der Waals surface area contributed by atoms with E-state index in [9.17, 15) is 9.90 Å². The van der Waals surface area contributed by atoms with E-state index in [-0.39, 0.29) is 24.7 Å². The fraction of sp³-hybridized carbons (Fsp3) is 0.286. The predicted octanol–water partition coefficient (Wildman–Crippen LogP) is 1.93. The lowest BCUT2D eigenvalue weighted by atomic mass is 9.90. The van der Waals surface area contributed by atoms with Gasteiger partial charge in [-0.2, -0.15) is 0 Å². The molecule has 0 radical (unpaired) electrons. The maximum atomic E-state index is 12.8. The number of carbonyl (C=O) groups is 1. The zero-order valence-corrected chi connectivity index (χ0v) is 14.8. The maximum absolute atomic E-state index is 12.8. The molecule has 138 valence electrons. The third kappa shape index (κ3) is 2.44. The predicted molar refractivity (Wildman–Crippen MR) is 102 cm³/mol. The van der Waals surface area contributed by atoms with Gasteiger partial charge in [-0.1, -0.05) is 24.3 Å². The standard InChI is InChI=1S/C21H21N3O3/c22-17-7-8-24-19-14(17)4-2-5-15(19)21(26)23-20(24)13-9-16-12(10-25)3-1-6-18(16)27-11-13/h1-6,9,17,20,25H,7-8,10-11,22H2,(H,23,26)/t17-,20-/m1/s1. The van der Waals surface area contributed by atoms with Crippen molar-refractivity contribution in [1.82, 2.24) is 5.32 Å². The molecule has 0 saturated carbocycles. The molecule has 0 unspecified atom stereocenters. The first-order valence-electron chi connectivity index (χ1n) is 9.19. The van der Waals surface area contributed by atoms with Crippen molar-refractivity contribution in [2.75, 3.05) is 18.1 Å². The van der Waals surface area contributed by atoms with Crippen LogP contribution >= 0.6 is 0 Å². The molecular formula is C21H21N3O3. The number of ether oxygens (including phenoxy) is 1. The summed E-state index contributed by atoms with van der Waals surface area (Å²) in [6.45, 7) is 1.10. The first-order chi connectivity index (χ1) is 13.2. The number of rotatable bonds is 2. The van der Waals surface area contributed by atoms with Crippen LogP contribution in [0.4, 0.5) is 5.69 Å². The van der Waals surface area contributed by atoms with Gasteiger partial charge in [0.05, 0.1) is 17.9 Å². The number of hydrogen-bond acceptors (Lipinski definition) is 5. The van der Waals surface area contributed by atoms with Gasteiger partial charge in [0.15, 0.2) is 0 Å². The number of para-hydroxylation sites is 1. The van der Waals surface area contributed by atoms with Gasteiger partial charge in [0.25, 0.3) is 5.91 Å². The lowest BCUT2D eigenvalue weighted by Gasteiger charge is -2.45. The van der Waals surface area contributed by atoms with Crippen LogP contribution in [-0.2, 0) is 6.61 Å². The molecular weight excluding hydrogens is 342 g/mol. The van der Waals surface area contributed by atoms with E-state index in [1.54, 1.807) is 0 Å². The fourth-order valence-corrected chi connectivity index (χ4v) is 4.30. The van der Waals surface area contributed by atoms with Crippen molar-refractivity contribution in [2.45, 2.75) is 25.2 Å². The Kier molecular flexibility index (Phi) is 3.70. The summed E-state index contributed by atoms with van der Waals surface area (Å²) < 4.78 is 5.94. The molecule has 2 aromatic carbocycles. The molecule has 27 heavy (non-hydrogen) atoms. The Labute approximate surface area is 157 Å². The number of aliphatic hydroxyl groups excluding tert-OH is 1. The number of nitrogens with one attached hydrogen (secondary N) is 1. The van der Waals surface area contributed by atoms with Crippen LogP contribution in [0.2, 0.25) is 0 Å². The molecule has 4 N–H and O–H groups in total. The van der Waals surface area contributed by atoms with Crippen LogP contribution in [0.1, 0.15) is 39.5 Å². The second-order valence-electron chi connectivity index (χ2n) is 7.20. The third-order valence-corrected chi connectivity index (χ3v) is 5.66. The van der Waals surface area contributed by atoms with E-state index < -0.39 is 0 Å². The van der Waals surface area contributed by atoms with Gasteiger partial charge in [-0.3, -0.25) is 4.79 Å².